The summed E-state index contributed by atoms with van der Waals surface area (Å²) in [5, 5.41) is 3.18. The van der Waals surface area contributed by atoms with Gasteiger partial charge < -0.3 is 10.2 Å². The molecule has 2 aliphatic carbocycles. The van der Waals surface area contributed by atoms with E-state index in [2.05, 4.69) is 5.32 Å². The van der Waals surface area contributed by atoms with Crippen LogP contribution in [0.4, 0.5) is 0 Å². The highest BCUT2D eigenvalue weighted by atomic mass is 16.2. The molecular formula is C18H30N2O2. The third kappa shape index (κ3) is 2.55. The molecule has 1 spiro atoms. The summed E-state index contributed by atoms with van der Waals surface area (Å²) >= 11 is 0. The molecule has 1 heterocycles. The molecule has 2 amide bonds. The second-order valence-corrected chi connectivity index (χ2v) is 7.82. The molecule has 4 heteroatoms. The molecule has 3 aliphatic rings. The summed E-state index contributed by atoms with van der Waals surface area (Å²) in [7, 11) is 0. The number of carbonyl (C=O) groups excluding carboxylic acids is 2. The number of rotatable bonds is 4. The zero-order valence-corrected chi connectivity index (χ0v) is 14.1. The average Bonchev–Trinajstić information content (AvgIpc) is 3.02. The summed E-state index contributed by atoms with van der Waals surface area (Å²) in [4.78, 5) is 27.2. The van der Waals surface area contributed by atoms with E-state index in [0.717, 1.165) is 32.2 Å². The predicted octanol–water partition coefficient (Wildman–Crippen LogP) is 2.86. The van der Waals surface area contributed by atoms with Crippen molar-refractivity contribution >= 4 is 11.8 Å². The summed E-state index contributed by atoms with van der Waals surface area (Å²) in [6.07, 6.45) is 10.4. The maximum atomic E-state index is 12.8. The molecule has 3 fully saturated rings. The molecule has 0 aromatic carbocycles. The average molecular weight is 306 g/mol. The Morgan fingerprint density at radius 3 is 2.41 bits per heavy atom. The van der Waals surface area contributed by atoms with Crippen LogP contribution in [0.2, 0.25) is 0 Å². The lowest BCUT2D eigenvalue weighted by atomic mass is 9.68. The van der Waals surface area contributed by atoms with Crippen molar-refractivity contribution in [3.63, 3.8) is 0 Å². The highest BCUT2D eigenvalue weighted by Crippen LogP contribution is 2.52. The molecule has 124 valence electrons. The second-order valence-electron chi connectivity index (χ2n) is 7.82. The fraction of sp³-hybridized carbons (Fsp3) is 0.889. The first-order chi connectivity index (χ1) is 10.6. The van der Waals surface area contributed by atoms with Crippen LogP contribution in [0, 0.1) is 11.3 Å². The van der Waals surface area contributed by atoms with Gasteiger partial charge >= 0.3 is 0 Å². The quantitative estimate of drug-likeness (QED) is 0.812. The van der Waals surface area contributed by atoms with Crippen LogP contribution >= 0.6 is 0 Å². The summed E-state index contributed by atoms with van der Waals surface area (Å²) in [5.41, 5.74) is -0.360. The summed E-state index contributed by atoms with van der Waals surface area (Å²) in [5.74, 6) is 0.957. The van der Waals surface area contributed by atoms with Crippen LogP contribution in [0.1, 0.15) is 71.6 Å². The van der Waals surface area contributed by atoms with Crippen LogP contribution < -0.4 is 5.32 Å². The Morgan fingerprint density at radius 1 is 1.18 bits per heavy atom. The third-order valence-corrected chi connectivity index (χ3v) is 6.05. The molecule has 3 rings (SSSR count). The Balaban J connectivity index is 1.64. The first kappa shape index (κ1) is 15.8. The Kier molecular flexibility index (Phi) is 4.47. The van der Waals surface area contributed by atoms with E-state index in [4.69, 9.17) is 0 Å². The van der Waals surface area contributed by atoms with E-state index in [1.54, 1.807) is 0 Å². The number of β-lactam (4-membered cyclic amide) rings is 1. The van der Waals surface area contributed by atoms with Crippen molar-refractivity contribution in [2.24, 2.45) is 11.3 Å². The van der Waals surface area contributed by atoms with E-state index in [1.165, 1.54) is 32.1 Å². The van der Waals surface area contributed by atoms with Crippen LogP contribution in [-0.2, 0) is 9.59 Å². The molecule has 0 aromatic heterocycles. The van der Waals surface area contributed by atoms with Crippen LogP contribution in [0.3, 0.4) is 0 Å². The Bertz CT molecular complexity index is 434. The fourth-order valence-electron chi connectivity index (χ4n) is 4.83. The van der Waals surface area contributed by atoms with Gasteiger partial charge in [-0.25, -0.2) is 0 Å². The minimum absolute atomic E-state index is 0.0979. The first-order valence-electron chi connectivity index (χ1n) is 9.17. The molecule has 22 heavy (non-hydrogen) atoms. The number of carbonyl (C=O) groups is 2. The lowest BCUT2D eigenvalue weighted by Gasteiger charge is -2.55. The van der Waals surface area contributed by atoms with Gasteiger partial charge in [0.2, 0.25) is 11.8 Å². The third-order valence-electron chi connectivity index (χ3n) is 6.05. The Hall–Kier alpha value is -1.06. The predicted molar refractivity (Wildman–Crippen MR) is 86.3 cm³/mol. The molecule has 1 unspecified atom stereocenters. The van der Waals surface area contributed by atoms with Crippen LogP contribution in [-0.4, -0.2) is 35.3 Å². The zero-order chi connectivity index (χ0) is 15.7. The fourth-order valence-corrected chi connectivity index (χ4v) is 4.83. The number of likely N-dealkylation sites (tertiary alicyclic amines) is 1. The van der Waals surface area contributed by atoms with Crippen LogP contribution in [0.15, 0.2) is 0 Å². The smallest absolute Gasteiger partial charge is 0.243 e. The summed E-state index contributed by atoms with van der Waals surface area (Å²) in [6.45, 7) is 4.83. The van der Waals surface area contributed by atoms with Gasteiger partial charge in [0.15, 0.2) is 0 Å². The minimum Gasteiger partial charge on any atom is -0.354 e. The number of amides is 2. The van der Waals surface area contributed by atoms with E-state index in [1.807, 2.05) is 18.7 Å². The lowest BCUT2D eigenvalue weighted by Crippen LogP contribution is -2.74. The number of hydrogen-bond acceptors (Lipinski definition) is 2. The van der Waals surface area contributed by atoms with E-state index in [9.17, 15) is 9.59 Å². The molecule has 0 bridgehead atoms. The highest BCUT2D eigenvalue weighted by molar-refractivity contribution is 6.02. The second kappa shape index (κ2) is 6.21. The van der Waals surface area contributed by atoms with E-state index in [-0.39, 0.29) is 29.3 Å². The van der Waals surface area contributed by atoms with Gasteiger partial charge in [-0.1, -0.05) is 32.1 Å². The van der Waals surface area contributed by atoms with Gasteiger partial charge in [0.25, 0.3) is 0 Å². The van der Waals surface area contributed by atoms with Gasteiger partial charge in [0.1, 0.15) is 6.04 Å². The van der Waals surface area contributed by atoms with Gasteiger partial charge in [-0.05, 0) is 45.4 Å². The number of nitrogens with zero attached hydrogens (tertiary/aromatic N) is 1. The van der Waals surface area contributed by atoms with Gasteiger partial charge in [-0.15, -0.1) is 0 Å². The van der Waals surface area contributed by atoms with Gasteiger partial charge in [0, 0.05) is 12.6 Å². The molecule has 1 atom stereocenters. The molecule has 1 aliphatic heterocycles. The van der Waals surface area contributed by atoms with Gasteiger partial charge in [0.05, 0.1) is 5.41 Å². The normalized spacial score (nSPS) is 28.2. The summed E-state index contributed by atoms with van der Waals surface area (Å²) < 4.78 is 0. The molecule has 0 radical (unpaired) electrons. The van der Waals surface area contributed by atoms with Crippen LogP contribution in [0.25, 0.3) is 0 Å². The maximum Gasteiger partial charge on any atom is 0.243 e. The number of hydrogen-bond donors (Lipinski definition) is 1. The standard InChI is InChI=1S/C18H30N2O2/c1-13(2)20-15(18(17(20)22)10-6-7-11-18)16(21)19-12-14-8-4-3-5-9-14/h13-15H,3-12H2,1-2H3,(H,19,21). The largest absolute Gasteiger partial charge is 0.354 e. The van der Waals surface area contributed by atoms with E-state index in [0.29, 0.717) is 5.92 Å². The van der Waals surface area contributed by atoms with Crippen molar-refractivity contribution in [1.29, 1.82) is 0 Å². The van der Waals surface area contributed by atoms with Crippen LogP contribution in [0.5, 0.6) is 0 Å². The monoisotopic (exact) mass is 306 g/mol. The topological polar surface area (TPSA) is 49.4 Å². The minimum atomic E-state index is -0.360. The van der Waals surface area contributed by atoms with Crippen molar-refractivity contribution in [1.82, 2.24) is 10.2 Å². The molecular weight excluding hydrogens is 276 g/mol. The highest BCUT2D eigenvalue weighted by Gasteiger charge is 2.64. The van der Waals surface area contributed by atoms with E-state index < -0.39 is 0 Å². The molecule has 2 saturated carbocycles. The van der Waals surface area contributed by atoms with Gasteiger partial charge in [-0.3, -0.25) is 9.59 Å². The lowest BCUT2D eigenvalue weighted by molar-refractivity contribution is -0.181. The maximum absolute atomic E-state index is 12.8. The first-order valence-corrected chi connectivity index (χ1v) is 9.17. The SMILES string of the molecule is CC(C)N1C(=O)C2(CCCC2)C1C(=O)NCC1CCCCC1. The van der Waals surface area contributed by atoms with E-state index >= 15 is 0 Å². The van der Waals surface area contributed by atoms with Crippen molar-refractivity contribution in [3.8, 4) is 0 Å². The molecule has 1 N–H and O–H groups in total. The Morgan fingerprint density at radius 2 is 1.82 bits per heavy atom. The molecule has 4 nitrogen and oxygen atoms in total. The van der Waals surface area contributed by atoms with Crippen molar-refractivity contribution in [2.45, 2.75) is 83.7 Å². The van der Waals surface area contributed by atoms with Gasteiger partial charge in [-0.2, -0.15) is 0 Å². The number of nitrogens with one attached hydrogen (secondary N) is 1. The Labute approximate surface area is 134 Å². The van der Waals surface area contributed by atoms with Crippen molar-refractivity contribution in [3.05, 3.63) is 0 Å². The molecule has 0 aromatic rings. The molecule has 1 saturated heterocycles. The van der Waals surface area contributed by atoms with Crippen molar-refractivity contribution in [2.75, 3.05) is 6.54 Å². The zero-order valence-electron chi connectivity index (χ0n) is 14.1. The van der Waals surface area contributed by atoms with Crippen molar-refractivity contribution < 1.29 is 9.59 Å². The summed E-state index contributed by atoms with van der Waals surface area (Å²) in [6, 6.07) is -0.102.